The van der Waals surface area contributed by atoms with Gasteiger partial charge in [-0.3, -0.25) is 14.7 Å². The third-order valence-corrected chi connectivity index (χ3v) is 2.25. The highest BCUT2D eigenvalue weighted by atomic mass is 32.2. The first-order valence-electron chi connectivity index (χ1n) is 3.67. The number of rotatable bonds is 3. The van der Waals surface area contributed by atoms with E-state index in [4.69, 9.17) is 4.55 Å². The largest absolute Gasteiger partial charge is 0.285 e. The van der Waals surface area contributed by atoms with Crippen LogP contribution < -0.4 is 0 Å². The second-order valence-corrected chi connectivity index (χ2v) is 4.21. The first-order valence-corrected chi connectivity index (χ1v) is 5.28. The van der Waals surface area contributed by atoms with E-state index in [1.165, 1.54) is 0 Å². The zero-order valence-corrected chi connectivity index (χ0v) is 8.07. The maximum atomic E-state index is 13.0. The average molecular weight is 235 g/mol. The van der Waals surface area contributed by atoms with Crippen molar-refractivity contribution in [1.29, 1.82) is 0 Å². The highest BCUT2D eigenvalue weighted by Gasteiger charge is 2.15. The molecule has 6 nitrogen and oxygen atoms in total. The quantitative estimate of drug-likeness (QED) is 0.481. The number of nitro groups is 1. The first-order chi connectivity index (χ1) is 6.79. The molecule has 0 atom stereocenters. The van der Waals surface area contributed by atoms with Gasteiger partial charge in [0, 0.05) is 17.7 Å². The summed E-state index contributed by atoms with van der Waals surface area (Å²) in [6.07, 6.45) is 0. The Morgan fingerprint density at radius 3 is 2.53 bits per heavy atom. The van der Waals surface area contributed by atoms with Crippen molar-refractivity contribution in [2.75, 3.05) is 0 Å². The van der Waals surface area contributed by atoms with Crippen molar-refractivity contribution in [1.82, 2.24) is 0 Å². The molecule has 1 aromatic carbocycles. The van der Waals surface area contributed by atoms with Crippen molar-refractivity contribution in [2.45, 2.75) is 5.75 Å². The minimum atomic E-state index is -4.40. The summed E-state index contributed by atoms with van der Waals surface area (Å²) in [6.45, 7) is 0. The van der Waals surface area contributed by atoms with Gasteiger partial charge < -0.3 is 0 Å². The van der Waals surface area contributed by atoms with Crippen LogP contribution >= 0.6 is 0 Å². The van der Waals surface area contributed by atoms with Crippen molar-refractivity contribution >= 4 is 15.8 Å². The molecule has 0 aromatic heterocycles. The van der Waals surface area contributed by atoms with E-state index in [-0.39, 0.29) is 0 Å². The van der Waals surface area contributed by atoms with Gasteiger partial charge in [0.05, 0.1) is 4.92 Å². The summed E-state index contributed by atoms with van der Waals surface area (Å²) in [7, 11) is -4.40. The zero-order valence-electron chi connectivity index (χ0n) is 7.25. The average Bonchev–Trinajstić information content (AvgIpc) is 2.06. The number of benzene rings is 1. The molecule has 0 radical (unpaired) electrons. The molecule has 0 unspecified atom stereocenters. The van der Waals surface area contributed by atoms with Gasteiger partial charge in [0.2, 0.25) is 0 Å². The Hall–Kier alpha value is -1.54. The Bertz CT molecular complexity index is 498. The number of hydrogen-bond donors (Lipinski definition) is 1. The molecule has 82 valence electrons. The van der Waals surface area contributed by atoms with Crippen molar-refractivity contribution in [3.05, 3.63) is 39.7 Å². The van der Waals surface area contributed by atoms with Crippen molar-refractivity contribution < 1.29 is 22.3 Å². The molecule has 0 amide bonds. The first kappa shape index (κ1) is 11.5. The van der Waals surface area contributed by atoms with Crippen LogP contribution in [0.2, 0.25) is 0 Å². The molecule has 0 heterocycles. The Morgan fingerprint density at radius 1 is 1.47 bits per heavy atom. The van der Waals surface area contributed by atoms with E-state index in [9.17, 15) is 22.9 Å². The van der Waals surface area contributed by atoms with Crippen LogP contribution in [0.25, 0.3) is 0 Å². The van der Waals surface area contributed by atoms with E-state index in [1.807, 2.05) is 0 Å². The molecule has 1 rings (SSSR count). The van der Waals surface area contributed by atoms with Gasteiger partial charge in [-0.25, -0.2) is 4.39 Å². The van der Waals surface area contributed by atoms with Crippen LogP contribution in [0.5, 0.6) is 0 Å². The molecule has 1 aromatic rings. The van der Waals surface area contributed by atoms with Crippen molar-refractivity contribution in [3.8, 4) is 0 Å². The molecular weight excluding hydrogens is 229 g/mol. The highest BCUT2D eigenvalue weighted by Crippen LogP contribution is 2.18. The second-order valence-electron chi connectivity index (χ2n) is 2.76. The molecule has 0 aliphatic heterocycles. The fourth-order valence-corrected chi connectivity index (χ4v) is 1.60. The van der Waals surface area contributed by atoms with Gasteiger partial charge in [0.15, 0.2) is 0 Å². The molecule has 0 fully saturated rings. The van der Waals surface area contributed by atoms with Crippen molar-refractivity contribution in [2.24, 2.45) is 0 Å². The Balaban J connectivity index is 3.17. The lowest BCUT2D eigenvalue weighted by molar-refractivity contribution is -0.385. The minimum Gasteiger partial charge on any atom is -0.285 e. The zero-order chi connectivity index (χ0) is 11.6. The molecule has 15 heavy (non-hydrogen) atoms. The summed E-state index contributed by atoms with van der Waals surface area (Å²) in [5.41, 5.74) is -0.873. The lowest BCUT2D eigenvalue weighted by Gasteiger charge is -2.00. The molecular formula is C7H6FNO5S. The van der Waals surface area contributed by atoms with Gasteiger partial charge in [-0.2, -0.15) is 8.42 Å². The molecule has 0 aliphatic rings. The maximum Gasteiger partial charge on any atom is 0.269 e. The van der Waals surface area contributed by atoms with Gasteiger partial charge in [-0.1, -0.05) is 0 Å². The normalized spacial score (nSPS) is 11.3. The van der Waals surface area contributed by atoms with Crippen LogP contribution in [0.4, 0.5) is 10.1 Å². The van der Waals surface area contributed by atoms with Gasteiger partial charge >= 0.3 is 0 Å². The van der Waals surface area contributed by atoms with Crippen LogP contribution in [0.3, 0.4) is 0 Å². The number of nitrogens with zero attached hydrogens (tertiary/aromatic N) is 1. The lowest BCUT2D eigenvalue weighted by Crippen LogP contribution is -2.04. The summed E-state index contributed by atoms with van der Waals surface area (Å²) in [4.78, 5) is 9.52. The second kappa shape index (κ2) is 3.91. The fourth-order valence-electron chi connectivity index (χ4n) is 0.982. The van der Waals surface area contributed by atoms with Crippen LogP contribution in [0.1, 0.15) is 5.56 Å². The SMILES string of the molecule is O=[N+]([O-])c1ccc(F)c(CS(=O)(=O)O)c1. The molecule has 0 spiro atoms. The molecule has 0 aliphatic carbocycles. The van der Waals surface area contributed by atoms with Crippen LogP contribution in [0.15, 0.2) is 18.2 Å². The lowest BCUT2D eigenvalue weighted by atomic mass is 10.2. The molecule has 0 bridgehead atoms. The number of non-ortho nitro benzene ring substituents is 1. The van der Waals surface area contributed by atoms with Crippen molar-refractivity contribution in [3.63, 3.8) is 0 Å². The van der Waals surface area contributed by atoms with E-state index in [0.29, 0.717) is 0 Å². The van der Waals surface area contributed by atoms with Crippen LogP contribution in [-0.2, 0) is 15.9 Å². The molecule has 0 saturated carbocycles. The number of halogens is 1. The molecule has 8 heteroatoms. The van der Waals surface area contributed by atoms with E-state index in [0.717, 1.165) is 18.2 Å². The monoisotopic (exact) mass is 235 g/mol. The van der Waals surface area contributed by atoms with E-state index in [2.05, 4.69) is 0 Å². The minimum absolute atomic E-state index is 0.435. The third-order valence-electron chi connectivity index (χ3n) is 1.58. The van der Waals surface area contributed by atoms with E-state index in [1.54, 1.807) is 0 Å². The predicted octanol–water partition coefficient (Wildman–Crippen LogP) is 1.12. The summed E-state index contributed by atoms with van der Waals surface area (Å²) in [5.74, 6) is -1.90. The maximum absolute atomic E-state index is 13.0. The Morgan fingerprint density at radius 2 is 2.07 bits per heavy atom. The smallest absolute Gasteiger partial charge is 0.269 e. The summed E-state index contributed by atoms with van der Waals surface area (Å²) >= 11 is 0. The third kappa shape index (κ3) is 3.26. The predicted molar refractivity (Wildman–Crippen MR) is 48.3 cm³/mol. The highest BCUT2D eigenvalue weighted by molar-refractivity contribution is 7.85. The summed E-state index contributed by atoms with van der Waals surface area (Å²) in [5, 5.41) is 10.3. The van der Waals surface area contributed by atoms with Crippen LogP contribution in [0, 0.1) is 15.9 Å². The number of hydrogen-bond acceptors (Lipinski definition) is 4. The van der Waals surface area contributed by atoms with Gasteiger partial charge in [0.25, 0.3) is 15.8 Å². The standard InChI is InChI=1S/C7H6FNO5S/c8-7-2-1-6(9(10)11)3-5(7)4-15(12,13)14/h1-3H,4H2,(H,12,13,14). The topological polar surface area (TPSA) is 97.5 Å². The van der Waals surface area contributed by atoms with Crippen LogP contribution in [-0.4, -0.2) is 17.9 Å². The van der Waals surface area contributed by atoms with Gasteiger partial charge in [-0.15, -0.1) is 0 Å². The van der Waals surface area contributed by atoms with E-state index >= 15 is 0 Å². The fraction of sp³-hybridized carbons (Fsp3) is 0.143. The number of nitro benzene ring substituents is 1. The van der Waals surface area contributed by atoms with Gasteiger partial charge in [-0.05, 0) is 6.07 Å². The molecule has 0 saturated heterocycles. The molecule has 1 N–H and O–H groups in total. The Labute approximate surface area is 84.2 Å². The summed E-state index contributed by atoms with van der Waals surface area (Å²) in [6, 6.07) is 2.45. The Kier molecular flexibility index (Phi) is 3.01. The summed E-state index contributed by atoms with van der Waals surface area (Å²) < 4.78 is 42.3. The van der Waals surface area contributed by atoms with E-state index < -0.39 is 37.9 Å². The van der Waals surface area contributed by atoms with Gasteiger partial charge in [0.1, 0.15) is 11.6 Å².